The summed E-state index contributed by atoms with van der Waals surface area (Å²) in [6, 6.07) is 7.29. The minimum Gasteiger partial charge on any atom is -0.287 e. The van der Waals surface area contributed by atoms with Crippen molar-refractivity contribution in [2.75, 3.05) is 0 Å². The monoisotopic (exact) mass is 251 g/mol. The second-order valence-corrected chi connectivity index (χ2v) is 3.58. The van der Waals surface area contributed by atoms with Crippen molar-refractivity contribution in [3.05, 3.63) is 65.2 Å². The molecule has 0 bridgehead atoms. The first-order chi connectivity index (χ1) is 8.59. The average molecular weight is 251 g/mol. The number of pyridine rings is 1. The van der Waals surface area contributed by atoms with Crippen LogP contribution in [0, 0.1) is 5.82 Å². The summed E-state index contributed by atoms with van der Waals surface area (Å²) < 4.78 is 38.4. The van der Waals surface area contributed by atoms with Gasteiger partial charge in [-0.3, -0.25) is 9.78 Å². The predicted octanol–water partition coefficient (Wildman–Crippen LogP) is 3.39. The molecule has 1 aromatic heterocycles. The summed E-state index contributed by atoms with van der Waals surface area (Å²) in [6.07, 6.45) is -1.53. The Balaban J connectivity index is 2.48. The lowest BCUT2D eigenvalue weighted by Crippen LogP contribution is -2.08. The predicted molar refractivity (Wildman–Crippen MR) is 59.0 cm³/mol. The van der Waals surface area contributed by atoms with Gasteiger partial charge in [-0.05, 0) is 30.3 Å². The Kier molecular flexibility index (Phi) is 3.41. The maximum absolute atomic E-state index is 12.9. The Hall–Kier alpha value is -2.17. The molecule has 1 aromatic carbocycles. The second kappa shape index (κ2) is 5.00. The first kappa shape index (κ1) is 12.3. The van der Waals surface area contributed by atoms with E-state index in [0.717, 1.165) is 12.1 Å². The normalized spacial score (nSPS) is 10.7. The molecule has 0 aliphatic heterocycles. The van der Waals surface area contributed by atoms with Crippen molar-refractivity contribution in [2.24, 2.45) is 0 Å². The zero-order valence-corrected chi connectivity index (χ0v) is 9.11. The van der Waals surface area contributed by atoms with Gasteiger partial charge in [0.05, 0.1) is 0 Å². The van der Waals surface area contributed by atoms with Gasteiger partial charge >= 0.3 is 0 Å². The molecule has 0 aliphatic rings. The number of carbonyl (C=O) groups is 1. The van der Waals surface area contributed by atoms with Crippen LogP contribution in [0.3, 0.4) is 0 Å². The van der Waals surface area contributed by atoms with Crippen LogP contribution in [0.1, 0.15) is 28.0 Å². The Labute approximate surface area is 101 Å². The van der Waals surface area contributed by atoms with E-state index in [9.17, 15) is 18.0 Å². The zero-order chi connectivity index (χ0) is 13.1. The topological polar surface area (TPSA) is 30.0 Å². The van der Waals surface area contributed by atoms with Crippen LogP contribution >= 0.6 is 0 Å². The average Bonchev–Trinajstić information content (AvgIpc) is 2.39. The summed E-state index contributed by atoms with van der Waals surface area (Å²) in [7, 11) is 0. The standard InChI is InChI=1S/C13H8F3NO/c14-8-4-5-9(10(7-8)13(15)16)12(18)11-3-1-2-6-17-11/h1-7,13H. The van der Waals surface area contributed by atoms with E-state index in [1.807, 2.05) is 0 Å². The molecular formula is C13H8F3NO. The molecular weight excluding hydrogens is 243 g/mol. The number of nitrogens with zero attached hydrogens (tertiary/aromatic N) is 1. The van der Waals surface area contributed by atoms with Gasteiger partial charge in [-0.15, -0.1) is 0 Å². The van der Waals surface area contributed by atoms with Gasteiger partial charge in [0.2, 0.25) is 5.78 Å². The van der Waals surface area contributed by atoms with E-state index in [2.05, 4.69) is 4.98 Å². The maximum Gasteiger partial charge on any atom is 0.264 e. The van der Waals surface area contributed by atoms with Crippen LogP contribution in [-0.4, -0.2) is 10.8 Å². The highest BCUT2D eigenvalue weighted by Gasteiger charge is 2.20. The fraction of sp³-hybridized carbons (Fsp3) is 0.0769. The van der Waals surface area contributed by atoms with Crippen LogP contribution in [0.15, 0.2) is 42.6 Å². The van der Waals surface area contributed by atoms with Gasteiger partial charge < -0.3 is 0 Å². The number of ketones is 1. The molecule has 0 aliphatic carbocycles. The molecule has 0 amide bonds. The second-order valence-electron chi connectivity index (χ2n) is 3.58. The molecule has 92 valence electrons. The SMILES string of the molecule is O=C(c1ccccn1)c1ccc(F)cc1C(F)F. The lowest BCUT2D eigenvalue weighted by Gasteiger charge is -2.07. The van der Waals surface area contributed by atoms with Crippen molar-refractivity contribution in [1.29, 1.82) is 0 Å². The first-order valence-electron chi connectivity index (χ1n) is 5.13. The van der Waals surface area contributed by atoms with Gasteiger partial charge in [0.25, 0.3) is 6.43 Å². The number of hydrogen-bond donors (Lipinski definition) is 0. The van der Waals surface area contributed by atoms with E-state index in [1.165, 1.54) is 12.3 Å². The Morgan fingerprint density at radius 1 is 1.17 bits per heavy atom. The lowest BCUT2D eigenvalue weighted by atomic mass is 10.0. The molecule has 0 N–H and O–H groups in total. The third-order valence-corrected chi connectivity index (χ3v) is 2.39. The maximum atomic E-state index is 12.9. The van der Waals surface area contributed by atoms with E-state index in [4.69, 9.17) is 0 Å². The van der Waals surface area contributed by atoms with Gasteiger partial charge in [-0.1, -0.05) is 6.07 Å². The van der Waals surface area contributed by atoms with Gasteiger partial charge in [0, 0.05) is 17.3 Å². The van der Waals surface area contributed by atoms with E-state index >= 15 is 0 Å². The first-order valence-corrected chi connectivity index (χ1v) is 5.13. The number of halogens is 3. The number of benzene rings is 1. The van der Waals surface area contributed by atoms with Crippen molar-refractivity contribution in [2.45, 2.75) is 6.43 Å². The quantitative estimate of drug-likeness (QED) is 0.782. The summed E-state index contributed by atoms with van der Waals surface area (Å²) in [4.78, 5) is 15.8. The van der Waals surface area contributed by atoms with E-state index < -0.39 is 23.6 Å². The van der Waals surface area contributed by atoms with Crippen molar-refractivity contribution in [3.8, 4) is 0 Å². The third kappa shape index (κ3) is 2.40. The van der Waals surface area contributed by atoms with E-state index in [1.54, 1.807) is 12.1 Å². The van der Waals surface area contributed by atoms with E-state index in [-0.39, 0.29) is 11.3 Å². The number of carbonyl (C=O) groups excluding carboxylic acids is 1. The number of aromatic nitrogens is 1. The third-order valence-electron chi connectivity index (χ3n) is 2.39. The summed E-state index contributed by atoms with van der Waals surface area (Å²) in [5.74, 6) is -1.45. The van der Waals surface area contributed by atoms with Crippen LogP contribution in [0.2, 0.25) is 0 Å². The molecule has 0 spiro atoms. The molecule has 2 rings (SSSR count). The largest absolute Gasteiger partial charge is 0.287 e. The minimum absolute atomic E-state index is 0.0472. The van der Waals surface area contributed by atoms with Crippen molar-refractivity contribution in [1.82, 2.24) is 4.98 Å². The van der Waals surface area contributed by atoms with Crippen LogP contribution in [0.4, 0.5) is 13.2 Å². The van der Waals surface area contributed by atoms with Crippen LogP contribution < -0.4 is 0 Å². The summed E-state index contributed by atoms with van der Waals surface area (Å²) in [5.41, 5.74) is -0.804. The summed E-state index contributed by atoms with van der Waals surface area (Å²) >= 11 is 0. The van der Waals surface area contributed by atoms with Gasteiger partial charge in [0.15, 0.2) is 0 Å². The van der Waals surface area contributed by atoms with Gasteiger partial charge in [-0.25, -0.2) is 13.2 Å². The molecule has 0 fully saturated rings. The Morgan fingerprint density at radius 3 is 2.56 bits per heavy atom. The van der Waals surface area contributed by atoms with Crippen LogP contribution in [0.25, 0.3) is 0 Å². The molecule has 5 heteroatoms. The molecule has 0 saturated carbocycles. The number of rotatable bonds is 3. The van der Waals surface area contributed by atoms with Crippen LogP contribution in [-0.2, 0) is 0 Å². The van der Waals surface area contributed by atoms with Gasteiger partial charge in [-0.2, -0.15) is 0 Å². The highest BCUT2D eigenvalue weighted by Crippen LogP contribution is 2.25. The lowest BCUT2D eigenvalue weighted by molar-refractivity contribution is 0.101. The molecule has 0 unspecified atom stereocenters. The van der Waals surface area contributed by atoms with Crippen LogP contribution in [0.5, 0.6) is 0 Å². The minimum atomic E-state index is -2.91. The molecule has 0 atom stereocenters. The fourth-order valence-corrected chi connectivity index (χ4v) is 1.56. The van der Waals surface area contributed by atoms with Gasteiger partial charge in [0.1, 0.15) is 11.5 Å². The fourth-order valence-electron chi connectivity index (χ4n) is 1.56. The number of hydrogen-bond acceptors (Lipinski definition) is 2. The molecule has 1 heterocycles. The van der Waals surface area contributed by atoms with E-state index in [0.29, 0.717) is 6.07 Å². The molecule has 2 nitrogen and oxygen atoms in total. The Bertz CT molecular complexity index is 570. The highest BCUT2D eigenvalue weighted by molar-refractivity contribution is 6.08. The highest BCUT2D eigenvalue weighted by atomic mass is 19.3. The summed E-state index contributed by atoms with van der Waals surface area (Å²) in [6.45, 7) is 0. The van der Waals surface area contributed by atoms with Crippen molar-refractivity contribution >= 4 is 5.78 Å². The number of alkyl halides is 2. The zero-order valence-electron chi connectivity index (χ0n) is 9.11. The van der Waals surface area contributed by atoms with Crippen molar-refractivity contribution < 1.29 is 18.0 Å². The molecule has 0 saturated heterocycles. The Morgan fingerprint density at radius 2 is 1.94 bits per heavy atom. The smallest absolute Gasteiger partial charge is 0.264 e. The molecule has 18 heavy (non-hydrogen) atoms. The summed E-state index contributed by atoms with van der Waals surface area (Å²) in [5, 5.41) is 0. The molecule has 0 radical (unpaired) electrons. The molecule has 2 aromatic rings. The van der Waals surface area contributed by atoms with Crippen molar-refractivity contribution in [3.63, 3.8) is 0 Å².